The number of fused-ring (bicyclic) bond motifs is 2. The van der Waals surface area contributed by atoms with Crippen molar-refractivity contribution < 1.29 is 54.8 Å². The molecule has 30 heteroatoms. The van der Waals surface area contributed by atoms with Crippen LogP contribution in [0, 0.1) is 0 Å². The number of hydrogen-bond acceptors (Lipinski definition) is 20. The smallest absolute Gasteiger partial charge is 0.249 e. The molecule has 6 heterocycles. The number of sulfone groups is 2. The highest BCUT2D eigenvalue weighted by Crippen LogP contribution is 2.46. The van der Waals surface area contributed by atoms with Crippen molar-refractivity contribution in [3.8, 4) is 33.6 Å². The molecule has 8 aromatic rings. The number of ether oxygens (including phenoxy) is 6. The Hall–Kier alpha value is -7.27. The highest BCUT2D eigenvalue weighted by molar-refractivity contribution is 7.91. The number of anilines is 2. The lowest BCUT2D eigenvalue weighted by Crippen LogP contribution is -2.49. The van der Waals surface area contributed by atoms with Crippen molar-refractivity contribution in [1.82, 2.24) is 48.8 Å². The first-order chi connectivity index (χ1) is 44.6. The van der Waals surface area contributed by atoms with Crippen molar-refractivity contribution in [2.75, 3.05) is 90.5 Å². The van der Waals surface area contributed by atoms with E-state index in [2.05, 4.69) is 54.6 Å². The molecule has 2 aliphatic rings. The van der Waals surface area contributed by atoms with Gasteiger partial charge in [0.05, 0.1) is 74.0 Å². The van der Waals surface area contributed by atoms with E-state index in [0.29, 0.717) is 117 Å². The number of primary amides is 2. The summed E-state index contributed by atoms with van der Waals surface area (Å²) in [6.07, 6.45) is 15.8. The van der Waals surface area contributed by atoms with E-state index in [-0.39, 0.29) is 54.1 Å². The number of carbonyl (C=O) groups excluding carboxylic acids is 2. The van der Waals surface area contributed by atoms with Crippen LogP contribution in [0.1, 0.15) is 74.6 Å². The Morgan fingerprint density at radius 2 is 0.957 bits per heavy atom. The number of hydrogen-bond donors (Lipinski definition) is 3. The van der Waals surface area contributed by atoms with Crippen molar-refractivity contribution in [1.29, 1.82) is 0 Å². The first kappa shape index (κ1) is 71.0. The second kappa shape index (κ2) is 29.8. The summed E-state index contributed by atoms with van der Waals surface area (Å²) in [6.45, 7) is 16.1. The van der Waals surface area contributed by atoms with Gasteiger partial charge in [0.15, 0.2) is 36.8 Å². The van der Waals surface area contributed by atoms with Crippen LogP contribution in [-0.2, 0) is 57.7 Å². The third-order valence-electron chi connectivity index (χ3n) is 17.2. The predicted molar refractivity (Wildman–Crippen MR) is 364 cm³/mol. The molecule has 508 valence electrons. The molecule has 2 amide bonds. The van der Waals surface area contributed by atoms with Crippen molar-refractivity contribution in [3.63, 3.8) is 0 Å². The molecular formula is C64H90N14O12S2Si2. The second-order valence-corrected chi connectivity index (χ2v) is 41.8. The van der Waals surface area contributed by atoms with Gasteiger partial charge in [-0.2, -0.15) is 29.4 Å². The van der Waals surface area contributed by atoms with E-state index in [1.165, 1.54) is 10.8 Å². The molecule has 2 saturated carbocycles. The molecule has 0 aliphatic heterocycles. The Morgan fingerprint density at radius 1 is 0.564 bits per heavy atom. The zero-order valence-corrected chi connectivity index (χ0v) is 59.1. The molecular weight excluding hydrogens is 1280 g/mol. The summed E-state index contributed by atoms with van der Waals surface area (Å²) < 4.78 is 95.3. The van der Waals surface area contributed by atoms with Crippen LogP contribution in [0.15, 0.2) is 108 Å². The van der Waals surface area contributed by atoms with Gasteiger partial charge in [0, 0.05) is 103 Å². The Bertz CT molecular complexity index is 4120. The third-order valence-corrected chi connectivity index (χ3v) is 22.9. The molecule has 0 radical (unpaired) electrons. The van der Waals surface area contributed by atoms with Crippen molar-refractivity contribution in [3.05, 3.63) is 109 Å². The van der Waals surface area contributed by atoms with Crippen LogP contribution >= 0.6 is 0 Å². The fraction of sp³-hybridized carbons (Fsp3) is 0.500. The molecule has 0 atom stereocenters. The summed E-state index contributed by atoms with van der Waals surface area (Å²) >= 11 is 0. The van der Waals surface area contributed by atoms with E-state index < -0.39 is 58.8 Å². The van der Waals surface area contributed by atoms with Gasteiger partial charge in [-0.25, -0.2) is 36.2 Å². The van der Waals surface area contributed by atoms with Gasteiger partial charge >= 0.3 is 0 Å². The molecule has 0 spiro atoms. The monoisotopic (exact) mass is 1370 g/mol. The minimum atomic E-state index is -3.93. The van der Waals surface area contributed by atoms with E-state index in [4.69, 9.17) is 60.7 Å². The second-order valence-electron chi connectivity index (χ2n) is 26.7. The number of aromatic nitrogens is 10. The summed E-state index contributed by atoms with van der Waals surface area (Å²) in [5.41, 5.74) is 22.1. The van der Waals surface area contributed by atoms with Crippen LogP contribution < -0.4 is 22.1 Å². The fourth-order valence-electron chi connectivity index (χ4n) is 11.9. The van der Waals surface area contributed by atoms with Gasteiger partial charge in [-0.1, -0.05) is 75.7 Å². The van der Waals surface area contributed by atoms with E-state index in [1.807, 2.05) is 78.0 Å². The van der Waals surface area contributed by atoms with Crippen LogP contribution in [0.3, 0.4) is 0 Å². The average Bonchev–Trinajstić information content (AvgIpc) is 1.59. The first-order valence-corrected chi connectivity index (χ1v) is 42.7. The number of nitrogen functional groups attached to an aromatic ring is 1. The molecule has 10 rings (SSSR count). The Kier molecular flexibility index (Phi) is 22.5. The molecule has 2 aliphatic carbocycles. The summed E-state index contributed by atoms with van der Waals surface area (Å²) in [7, 11) is -7.40. The minimum Gasteiger partial charge on any atom is -0.382 e. The number of nitrogens with zero attached hydrogens (tertiary/aromatic N) is 11. The number of amides is 2. The van der Waals surface area contributed by atoms with Gasteiger partial charge < -0.3 is 50.5 Å². The maximum Gasteiger partial charge on any atom is 0.249 e. The minimum absolute atomic E-state index is 0.0118. The highest BCUT2D eigenvalue weighted by atomic mass is 32.2. The highest BCUT2D eigenvalue weighted by Gasteiger charge is 2.46. The van der Waals surface area contributed by atoms with Gasteiger partial charge in [0.1, 0.15) is 40.3 Å². The quantitative estimate of drug-likeness (QED) is 0.0226. The van der Waals surface area contributed by atoms with E-state index in [0.717, 1.165) is 40.8 Å². The maximum atomic E-state index is 14.1. The molecule has 0 unspecified atom stereocenters. The first-order valence-electron chi connectivity index (χ1n) is 31.5. The van der Waals surface area contributed by atoms with Crippen LogP contribution in [0.4, 0.5) is 11.6 Å². The van der Waals surface area contributed by atoms with Gasteiger partial charge in [-0.3, -0.25) is 9.59 Å². The molecule has 0 saturated heterocycles. The molecule has 2 aromatic carbocycles. The molecule has 2 fully saturated rings. The molecule has 26 nitrogen and oxygen atoms in total. The zero-order valence-electron chi connectivity index (χ0n) is 55.5. The zero-order chi connectivity index (χ0) is 67.8. The Balaban J connectivity index is 0.000000234. The number of rotatable bonds is 29. The lowest BCUT2D eigenvalue weighted by molar-refractivity contribution is -0.151. The number of methoxy groups -OCH3 is 2. The summed E-state index contributed by atoms with van der Waals surface area (Å²) in [5, 5.41) is 18.2. The molecule has 0 bridgehead atoms. The van der Waals surface area contributed by atoms with Crippen molar-refractivity contribution in [2.45, 2.75) is 136 Å². The summed E-state index contributed by atoms with van der Waals surface area (Å²) in [4.78, 5) is 37.0. The molecule has 6 N–H and O–H groups in total. The van der Waals surface area contributed by atoms with Gasteiger partial charge in [-0.15, -0.1) is 0 Å². The lowest BCUT2D eigenvalue weighted by Gasteiger charge is -2.38. The standard InChI is InChI=1S/C38H59N7O7SSi2.C26H31N7O5S/c1-49-18-19-52-38(37(39)46)16-14-29(15-17-38)33-34(53(2,47)48)36(43(27-50-20-22-54(3,4)5)28-51-21-23-55(6,7)8)45-35(42-33)32(25-41-45)30-24-40-44(26-30)31-12-10-9-11-13-31;1-37-12-13-38-26(25(28)34)10-8-17(9-11-26)21-22(39(2,35)36)23(27)33-24(31-21)20(15-30-33)18-14-29-32(16-18)19-6-4-3-5-7-19/h9-13,24-26,29H,14-23,27-28H2,1-8H3,(H2,39,46);3-7,14-17H,8-13,27H2,1-2H3,(H2,28,34). The van der Waals surface area contributed by atoms with E-state index >= 15 is 0 Å². The average molecular weight is 1370 g/mol. The molecule has 94 heavy (non-hydrogen) atoms. The van der Waals surface area contributed by atoms with Crippen LogP contribution in [-0.4, -0.2) is 185 Å². The van der Waals surface area contributed by atoms with Crippen molar-refractivity contribution in [2.24, 2.45) is 11.5 Å². The molecule has 6 aromatic heterocycles. The number of para-hydroxylation sites is 2. The third kappa shape index (κ3) is 16.7. The van der Waals surface area contributed by atoms with Crippen molar-refractivity contribution >= 4 is 70.6 Å². The predicted octanol–water partition coefficient (Wildman–Crippen LogP) is 8.07. The number of nitrogens with two attached hydrogens (primary N) is 3. The number of benzene rings is 2. The van der Waals surface area contributed by atoms with E-state index in [9.17, 15) is 26.4 Å². The van der Waals surface area contributed by atoms with E-state index in [1.54, 1.807) is 52.9 Å². The van der Waals surface area contributed by atoms with Crippen LogP contribution in [0.2, 0.25) is 51.4 Å². The number of carbonyl (C=O) groups is 2. The van der Waals surface area contributed by atoms with Gasteiger partial charge in [-0.05, 0) is 87.7 Å². The largest absolute Gasteiger partial charge is 0.382 e. The Morgan fingerprint density at radius 3 is 1.34 bits per heavy atom. The normalized spacial score (nSPS) is 18.9. The fourth-order valence-corrected chi connectivity index (χ4v) is 15.6. The Labute approximate surface area is 551 Å². The summed E-state index contributed by atoms with van der Waals surface area (Å²) in [5.74, 6) is -1.38. The lowest BCUT2D eigenvalue weighted by atomic mass is 9.76. The maximum absolute atomic E-state index is 14.1. The van der Waals surface area contributed by atoms with Crippen LogP contribution in [0.25, 0.3) is 44.9 Å². The topological polar surface area (TPSA) is 335 Å². The van der Waals surface area contributed by atoms with Gasteiger partial charge in [0.2, 0.25) is 11.8 Å². The summed E-state index contributed by atoms with van der Waals surface area (Å²) in [6, 6.07) is 21.3. The SMILES string of the molecule is COCCOC1(C(N)=O)CCC(c2nc3c(-c4cnn(-c5ccccc5)c4)cnn3c(N(COCC[Si](C)(C)C)COCC[Si](C)(C)C)c2S(C)(=O)=O)CC1.COCCOC1(C(N)=O)CCC(c2nc3c(-c4cnn(-c5ccccc5)c4)cnn3c(N)c2S(C)(=O)=O)CC1. The van der Waals surface area contributed by atoms with Crippen LogP contribution in [0.5, 0.6) is 0 Å². The van der Waals surface area contributed by atoms with Gasteiger partial charge in [0.25, 0.3) is 0 Å².